The second kappa shape index (κ2) is 8.19. The lowest BCUT2D eigenvalue weighted by atomic mass is 9.81. The smallest absolute Gasteiger partial charge is 0.237 e. The SMILES string of the molecule is CC(C)(C)c1ccc(OCC(O)CNC2(C(N)=O)CCCCC2)cc1. The summed E-state index contributed by atoms with van der Waals surface area (Å²) in [5.74, 6) is 0.410. The number of carbonyl (C=O) groups is 1. The second-order valence-corrected chi connectivity index (χ2v) is 8.13. The first-order valence-electron chi connectivity index (χ1n) is 9.19. The molecule has 0 bridgehead atoms. The van der Waals surface area contributed by atoms with Gasteiger partial charge in [0.15, 0.2) is 0 Å². The number of primary amides is 1. The van der Waals surface area contributed by atoms with Crippen LogP contribution in [0.4, 0.5) is 0 Å². The molecule has 1 aliphatic rings. The molecule has 1 amide bonds. The summed E-state index contributed by atoms with van der Waals surface area (Å²) < 4.78 is 5.66. The first kappa shape index (κ1) is 19.7. The lowest BCUT2D eigenvalue weighted by molar-refractivity contribution is -0.126. The maximum Gasteiger partial charge on any atom is 0.237 e. The summed E-state index contributed by atoms with van der Waals surface area (Å²) in [6.45, 7) is 6.97. The van der Waals surface area contributed by atoms with Gasteiger partial charge in [-0.1, -0.05) is 52.2 Å². The van der Waals surface area contributed by atoms with Crippen molar-refractivity contribution in [3.8, 4) is 5.75 Å². The van der Waals surface area contributed by atoms with Crippen LogP contribution in [-0.2, 0) is 10.2 Å². The predicted octanol–water partition coefficient (Wildman–Crippen LogP) is 2.50. The van der Waals surface area contributed by atoms with Crippen molar-refractivity contribution in [3.63, 3.8) is 0 Å². The lowest BCUT2D eigenvalue weighted by Gasteiger charge is -2.36. The van der Waals surface area contributed by atoms with Gasteiger partial charge in [0.2, 0.25) is 5.91 Å². The number of hydrogen-bond acceptors (Lipinski definition) is 4. The molecule has 1 aromatic rings. The molecule has 0 heterocycles. The second-order valence-electron chi connectivity index (χ2n) is 8.13. The summed E-state index contributed by atoms with van der Waals surface area (Å²) in [7, 11) is 0. The number of nitrogens with one attached hydrogen (secondary N) is 1. The van der Waals surface area contributed by atoms with Crippen molar-refractivity contribution < 1.29 is 14.6 Å². The van der Waals surface area contributed by atoms with E-state index in [1.54, 1.807) is 0 Å². The van der Waals surface area contributed by atoms with Crippen molar-refractivity contribution in [3.05, 3.63) is 29.8 Å². The number of amides is 1. The molecule has 1 fully saturated rings. The molecule has 0 aromatic heterocycles. The molecule has 1 aromatic carbocycles. The largest absolute Gasteiger partial charge is 0.491 e. The summed E-state index contributed by atoms with van der Waals surface area (Å²) in [5.41, 5.74) is 6.26. The molecule has 4 N–H and O–H groups in total. The fourth-order valence-electron chi connectivity index (χ4n) is 3.28. The Morgan fingerprint density at radius 1 is 1.24 bits per heavy atom. The van der Waals surface area contributed by atoms with Gasteiger partial charge in [-0.05, 0) is 36.0 Å². The third-order valence-corrected chi connectivity index (χ3v) is 5.02. The van der Waals surface area contributed by atoms with Gasteiger partial charge in [-0.2, -0.15) is 0 Å². The first-order chi connectivity index (χ1) is 11.7. The van der Waals surface area contributed by atoms with E-state index in [0.29, 0.717) is 6.54 Å². The van der Waals surface area contributed by atoms with Gasteiger partial charge in [-0.3, -0.25) is 4.79 Å². The van der Waals surface area contributed by atoms with Gasteiger partial charge in [0.05, 0.1) is 5.54 Å². The quantitative estimate of drug-likeness (QED) is 0.707. The van der Waals surface area contributed by atoms with Crippen molar-refractivity contribution in [1.29, 1.82) is 0 Å². The van der Waals surface area contributed by atoms with Crippen LogP contribution in [0.3, 0.4) is 0 Å². The summed E-state index contributed by atoms with van der Waals surface area (Å²) in [5, 5.41) is 13.4. The van der Waals surface area contributed by atoms with Gasteiger partial charge >= 0.3 is 0 Å². The molecule has 2 rings (SSSR count). The number of β-amino-alcohol motifs (C(OH)–C–C–N with tert-alkyl or cyclic N) is 1. The van der Waals surface area contributed by atoms with Gasteiger partial charge in [0.1, 0.15) is 18.5 Å². The molecule has 5 nitrogen and oxygen atoms in total. The van der Waals surface area contributed by atoms with Crippen molar-refractivity contribution >= 4 is 5.91 Å². The Kier molecular flexibility index (Phi) is 6.47. The van der Waals surface area contributed by atoms with Crippen molar-refractivity contribution in [2.24, 2.45) is 5.73 Å². The molecular formula is C20H32N2O3. The molecule has 0 aliphatic heterocycles. The zero-order valence-electron chi connectivity index (χ0n) is 15.7. The molecule has 1 saturated carbocycles. The standard InChI is InChI=1S/C20H32N2O3/c1-19(2,3)15-7-9-17(10-8-15)25-14-16(23)13-22-20(18(21)24)11-5-4-6-12-20/h7-10,16,22-23H,4-6,11-14H2,1-3H3,(H2,21,24). The highest BCUT2D eigenvalue weighted by Crippen LogP contribution is 2.28. The van der Waals surface area contributed by atoms with Crippen molar-refractivity contribution in [1.82, 2.24) is 5.32 Å². The monoisotopic (exact) mass is 348 g/mol. The summed E-state index contributed by atoms with van der Waals surface area (Å²) >= 11 is 0. The molecule has 0 radical (unpaired) electrons. The highest BCUT2D eigenvalue weighted by atomic mass is 16.5. The van der Waals surface area contributed by atoms with E-state index in [-0.39, 0.29) is 17.9 Å². The Hall–Kier alpha value is -1.59. The van der Waals surface area contributed by atoms with Crippen LogP contribution in [0.15, 0.2) is 24.3 Å². The molecule has 1 aliphatic carbocycles. The number of benzene rings is 1. The molecule has 0 saturated heterocycles. The van der Waals surface area contributed by atoms with E-state index in [9.17, 15) is 9.90 Å². The molecule has 1 unspecified atom stereocenters. The maximum atomic E-state index is 11.8. The van der Waals surface area contributed by atoms with E-state index in [1.807, 2.05) is 24.3 Å². The molecule has 1 atom stereocenters. The third-order valence-electron chi connectivity index (χ3n) is 5.02. The highest BCUT2D eigenvalue weighted by molar-refractivity contribution is 5.84. The Bertz CT molecular complexity index is 557. The molecule has 140 valence electrons. The van der Waals surface area contributed by atoms with Crippen molar-refractivity contribution in [2.45, 2.75) is 69.9 Å². The van der Waals surface area contributed by atoms with Crippen LogP contribution >= 0.6 is 0 Å². The topological polar surface area (TPSA) is 84.6 Å². The van der Waals surface area contributed by atoms with Crippen LogP contribution in [0, 0.1) is 0 Å². The van der Waals surface area contributed by atoms with Crippen LogP contribution < -0.4 is 15.8 Å². The minimum atomic E-state index is -0.694. The number of aliphatic hydroxyl groups excluding tert-OH is 1. The Balaban J connectivity index is 1.82. The molecular weight excluding hydrogens is 316 g/mol. The highest BCUT2D eigenvalue weighted by Gasteiger charge is 2.37. The average Bonchev–Trinajstić information content (AvgIpc) is 2.58. The maximum absolute atomic E-state index is 11.8. The Morgan fingerprint density at radius 3 is 2.36 bits per heavy atom. The van der Waals surface area contributed by atoms with Crippen LogP contribution in [0.1, 0.15) is 58.4 Å². The third kappa shape index (κ3) is 5.44. The van der Waals surface area contributed by atoms with E-state index < -0.39 is 11.6 Å². The van der Waals surface area contributed by atoms with Gasteiger partial charge < -0.3 is 20.9 Å². The van der Waals surface area contributed by atoms with Crippen LogP contribution in [0.5, 0.6) is 5.75 Å². The fraction of sp³-hybridized carbons (Fsp3) is 0.650. The summed E-state index contributed by atoms with van der Waals surface area (Å²) in [6.07, 6.45) is 3.90. The lowest BCUT2D eigenvalue weighted by Crippen LogP contribution is -2.58. The van der Waals surface area contributed by atoms with Crippen molar-refractivity contribution in [2.75, 3.05) is 13.2 Å². The van der Waals surface area contributed by atoms with Gasteiger partial charge in [-0.15, -0.1) is 0 Å². The number of carbonyl (C=O) groups excluding carboxylic acids is 1. The van der Waals surface area contributed by atoms with Gasteiger partial charge in [0.25, 0.3) is 0 Å². The van der Waals surface area contributed by atoms with E-state index in [0.717, 1.165) is 37.9 Å². The average molecular weight is 348 g/mol. The zero-order chi connectivity index (χ0) is 18.5. The van der Waals surface area contributed by atoms with E-state index >= 15 is 0 Å². The normalized spacial score (nSPS) is 18.6. The van der Waals surface area contributed by atoms with Crippen LogP contribution in [-0.4, -0.2) is 35.8 Å². The number of rotatable bonds is 7. The van der Waals surface area contributed by atoms with Crippen LogP contribution in [0.2, 0.25) is 0 Å². The minimum absolute atomic E-state index is 0.102. The van der Waals surface area contributed by atoms with Gasteiger partial charge in [-0.25, -0.2) is 0 Å². The first-order valence-corrected chi connectivity index (χ1v) is 9.19. The molecule has 25 heavy (non-hydrogen) atoms. The number of ether oxygens (including phenoxy) is 1. The predicted molar refractivity (Wildman–Crippen MR) is 99.7 cm³/mol. The van der Waals surface area contributed by atoms with E-state index in [4.69, 9.17) is 10.5 Å². The molecule has 5 heteroatoms. The number of aliphatic hydroxyl groups is 1. The van der Waals surface area contributed by atoms with Crippen LogP contribution in [0.25, 0.3) is 0 Å². The minimum Gasteiger partial charge on any atom is -0.491 e. The molecule has 0 spiro atoms. The fourth-order valence-corrected chi connectivity index (χ4v) is 3.28. The Morgan fingerprint density at radius 2 is 1.84 bits per heavy atom. The Labute approximate surface area is 150 Å². The zero-order valence-corrected chi connectivity index (χ0v) is 15.7. The summed E-state index contributed by atoms with van der Waals surface area (Å²) in [4.78, 5) is 11.8. The number of hydrogen-bond donors (Lipinski definition) is 3. The number of nitrogens with two attached hydrogens (primary N) is 1. The van der Waals surface area contributed by atoms with E-state index in [2.05, 4.69) is 26.1 Å². The van der Waals surface area contributed by atoms with E-state index in [1.165, 1.54) is 5.56 Å². The van der Waals surface area contributed by atoms with Gasteiger partial charge in [0, 0.05) is 6.54 Å². The summed E-state index contributed by atoms with van der Waals surface area (Å²) in [6, 6.07) is 7.94.